The van der Waals surface area contributed by atoms with Gasteiger partial charge in [0.1, 0.15) is 12.4 Å². The van der Waals surface area contributed by atoms with E-state index in [9.17, 15) is 43.5 Å². The van der Waals surface area contributed by atoms with Gasteiger partial charge in [-0.05, 0) is 28.1 Å². The first-order valence-corrected chi connectivity index (χ1v) is 7.37. The van der Waals surface area contributed by atoms with E-state index >= 15 is 0 Å². The lowest BCUT2D eigenvalue weighted by Crippen LogP contribution is -1.94. The van der Waals surface area contributed by atoms with Crippen molar-refractivity contribution in [3.63, 3.8) is 0 Å². The van der Waals surface area contributed by atoms with Gasteiger partial charge in [-0.25, -0.2) is 0 Å². The van der Waals surface area contributed by atoms with Gasteiger partial charge in [0.15, 0.2) is 0 Å². The van der Waals surface area contributed by atoms with Crippen molar-refractivity contribution < 1.29 is 27.9 Å². The van der Waals surface area contributed by atoms with Crippen molar-refractivity contribution >= 4 is 17.2 Å². The van der Waals surface area contributed by atoms with Crippen LogP contribution in [0.3, 0.4) is 0 Å². The summed E-state index contributed by atoms with van der Waals surface area (Å²) in [5.41, 5.74) is -1.14. The Labute approximate surface area is 164 Å². The maximum atomic E-state index is 12.4. The number of nitro groups is 3. The van der Waals surface area contributed by atoms with Crippen LogP contribution in [0, 0.1) is 47.8 Å². The molecule has 0 aliphatic carbocycles. The van der Waals surface area contributed by atoms with Crippen molar-refractivity contribution in [2.75, 3.05) is 0 Å². The number of halogens is 3. The zero-order valence-electron chi connectivity index (χ0n) is 14.5. The second-order valence-electron chi connectivity index (χ2n) is 4.73. The quantitative estimate of drug-likeness (QED) is 0.450. The number of aromatic nitrogens is 3. The molecule has 0 amide bonds. The predicted molar refractivity (Wildman–Crippen MR) is 92.5 cm³/mol. The van der Waals surface area contributed by atoms with E-state index in [0.717, 1.165) is 36.8 Å². The van der Waals surface area contributed by atoms with Crippen LogP contribution in [0.5, 0.6) is 0 Å². The molecular formula is C15H9F3N6O6. The van der Waals surface area contributed by atoms with Gasteiger partial charge in [-0.3, -0.25) is 30.2 Å². The van der Waals surface area contributed by atoms with Gasteiger partial charge in [-0.15, -0.1) is 0 Å². The monoisotopic (exact) mass is 426 g/mol. The fourth-order valence-corrected chi connectivity index (χ4v) is 1.53. The summed E-state index contributed by atoms with van der Waals surface area (Å²) in [6.45, 7) is 0. The van der Waals surface area contributed by atoms with E-state index in [2.05, 4.69) is 15.0 Å². The molecule has 0 aromatic carbocycles. The van der Waals surface area contributed by atoms with E-state index < -0.39 is 49.4 Å². The molecule has 3 rings (SSSR count). The molecule has 0 N–H and O–H groups in total. The van der Waals surface area contributed by atoms with Crippen LogP contribution in [0.2, 0.25) is 0 Å². The predicted octanol–water partition coefficient (Wildman–Crippen LogP) is 3.39. The molecule has 156 valence electrons. The lowest BCUT2D eigenvalue weighted by molar-refractivity contribution is -0.392. The summed E-state index contributed by atoms with van der Waals surface area (Å²) in [6, 6.07) is 4.24. The second-order valence-corrected chi connectivity index (χ2v) is 4.73. The van der Waals surface area contributed by atoms with Crippen LogP contribution in [-0.4, -0.2) is 29.7 Å². The van der Waals surface area contributed by atoms with E-state index in [-0.39, 0.29) is 0 Å². The van der Waals surface area contributed by atoms with Gasteiger partial charge in [-0.2, -0.15) is 13.2 Å². The molecule has 0 saturated heterocycles. The van der Waals surface area contributed by atoms with Crippen molar-refractivity contribution in [2.24, 2.45) is 0 Å². The molecule has 0 saturated carbocycles. The molecule has 3 heterocycles. The zero-order chi connectivity index (χ0) is 22.7. The summed E-state index contributed by atoms with van der Waals surface area (Å²) in [5, 5.41) is 29.8. The van der Waals surface area contributed by atoms with Crippen LogP contribution in [0.25, 0.3) is 0 Å². The van der Waals surface area contributed by atoms with E-state index in [4.69, 9.17) is 0 Å². The Morgan fingerprint density at radius 1 is 0.667 bits per heavy atom. The molecule has 0 bridgehead atoms. The van der Waals surface area contributed by atoms with Crippen LogP contribution in [-0.2, 0) is 0 Å². The zero-order valence-corrected chi connectivity index (χ0v) is 14.5. The third kappa shape index (κ3) is 7.22. The number of rotatable bonds is 3. The maximum absolute atomic E-state index is 12.4. The first kappa shape index (κ1) is 23.5. The summed E-state index contributed by atoms with van der Waals surface area (Å²) in [4.78, 5) is 37.3. The molecular weight excluding hydrogens is 417 g/mol. The Morgan fingerprint density at radius 3 is 1.67 bits per heavy atom. The van der Waals surface area contributed by atoms with Crippen LogP contribution < -0.4 is 0 Å². The lowest BCUT2D eigenvalue weighted by atomic mass is 10.4. The van der Waals surface area contributed by atoms with Crippen molar-refractivity contribution in [1.29, 1.82) is 0 Å². The van der Waals surface area contributed by atoms with Crippen LogP contribution in [0.15, 0.2) is 55.2 Å². The van der Waals surface area contributed by atoms with Crippen LogP contribution in [0.1, 0.15) is 0 Å². The number of nitrogens with zero attached hydrogens (tertiary/aromatic N) is 6. The first-order valence-electron chi connectivity index (χ1n) is 7.37. The second kappa shape index (κ2) is 11.3. The molecule has 0 radical (unpaired) electrons. The molecule has 12 nitrogen and oxygen atoms in total. The Hall–Kier alpha value is -4.56. The SMILES string of the molecule is O=[N+]([O-])c1ccncc1F.O=[N+]([O-])c1cnccc1F.O=[N+]([O-])c1ncccc1F. The minimum absolute atomic E-state index is 0.546. The molecule has 30 heavy (non-hydrogen) atoms. The lowest BCUT2D eigenvalue weighted by Gasteiger charge is -1.89. The standard InChI is InChI=1S/3C5H3FN2O2/c6-4-3-7-2-1-5(4)8(9)10;6-4-1-2-7-3-5(4)8(9)10;6-4-2-1-3-7-5(4)8(9)10/h3*1-3H. The van der Waals surface area contributed by atoms with E-state index in [1.807, 2.05) is 0 Å². The smallest absolute Gasteiger partial charge is 0.358 e. The summed E-state index contributed by atoms with van der Waals surface area (Å²) in [7, 11) is 0. The minimum atomic E-state index is -0.910. The molecule has 15 heteroatoms. The van der Waals surface area contributed by atoms with Crippen molar-refractivity contribution in [3.05, 3.63) is 103 Å². The summed E-state index contributed by atoms with van der Waals surface area (Å²) >= 11 is 0. The van der Waals surface area contributed by atoms with Gasteiger partial charge in [-0.1, -0.05) is 0 Å². The topological polar surface area (TPSA) is 168 Å². The molecule has 3 aromatic rings. The Morgan fingerprint density at radius 2 is 1.27 bits per heavy atom. The highest BCUT2D eigenvalue weighted by atomic mass is 19.1. The average molecular weight is 426 g/mol. The molecule has 0 unspecified atom stereocenters. The van der Waals surface area contributed by atoms with Gasteiger partial charge in [0.25, 0.3) is 0 Å². The molecule has 0 aliphatic rings. The molecule has 0 fully saturated rings. The van der Waals surface area contributed by atoms with E-state index in [0.29, 0.717) is 0 Å². The Kier molecular flexibility index (Phi) is 8.86. The maximum Gasteiger partial charge on any atom is 0.399 e. The summed E-state index contributed by atoms with van der Waals surface area (Å²) in [6.07, 6.45) is 5.16. The third-order valence-electron chi connectivity index (χ3n) is 2.80. The fraction of sp³-hybridized carbons (Fsp3) is 0. The largest absolute Gasteiger partial charge is 0.399 e. The number of hydrogen-bond acceptors (Lipinski definition) is 9. The van der Waals surface area contributed by atoms with Crippen molar-refractivity contribution in [3.8, 4) is 0 Å². The molecule has 0 spiro atoms. The van der Waals surface area contributed by atoms with E-state index in [1.54, 1.807) is 0 Å². The molecule has 0 aliphatic heterocycles. The van der Waals surface area contributed by atoms with Gasteiger partial charge in [0.05, 0.1) is 16.0 Å². The highest BCUT2D eigenvalue weighted by Gasteiger charge is 2.13. The van der Waals surface area contributed by atoms with Gasteiger partial charge in [0, 0.05) is 18.5 Å². The normalized spacial score (nSPS) is 9.30. The van der Waals surface area contributed by atoms with E-state index in [1.165, 1.54) is 18.5 Å². The average Bonchev–Trinajstić information content (AvgIpc) is 2.69. The highest BCUT2D eigenvalue weighted by molar-refractivity contribution is 5.27. The minimum Gasteiger partial charge on any atom is -0.358 e. The molecule has 0 atom stereocenters. The third-order valence-corrected chi connectivity index (χ3v) is 2.80. The van der Waals surface area contributed by atoms with Crippen LogP contribution >= 0.6 is 0 Å². The Bertz CT molecular complexity index is 923. The first-order chi connectivity index (χ1) is 14.1. The highest BCUT2D eigenvalue weighted by Crippen LogP contribution is 2.13. The summed E-state index contributed by atoms with van der Waals surface area (Å²) in [5.74, 6) is -3.41. The van der Waals surface area contributed by atoms with Crippen LogP contribution in [0.4, 0.5) is 30.4 Å². The molecule has 3 aromatic heterocycles. The fourth-order valence-electron chi connectivity index (χ4n) is 1.53. The van der Waals surface area contributed by atoms with Crippen molar-refractivity contribution in [2.45, 2.75) is 0 Å². The number of pyridine rings is 3. The summed E-state index contributed by atoms with van der Waals surface area (Å²) < 4.78 is 37.0. The Balaban J connectivity index is 0.000000225. The van der Waals surface area contributed by atoms with Gasteiger partial charge < -0.3 is 10.1 Å². The van der Waals surface area contributed by atoms with Gasteiger partial charge >= 0.3 is 17.2 Å². The van der Waals surface area contributed by atoms with Gasteiger partial charge in [0.2, 0.25) is 17.5 Å². The van der Waals surface area contributed by atoms with Crippen molar-refractivity contribution in [1.82, 2.24) is 15.0 Å². The number of hydrogen-bond donors (Lipinski definition) is 0.